The Kier molecular flexibility index (Phi) is 5.07. The summed E-state index contributed by atoms with van der Waals surface area (Å²) in [4.78, 5) is 26.4. The molecule has 0 spiro atoms. The number of aromatic nitrogens is 2. The third-order valence-corrected chi connectivity index (χ3v) is 3.86. The van der Waals surface area contributed by atoms with Crippen LogP contribution in [0.5, 0.6) is 11.6 Å². The molecule has 0 saturated carbocycles. The highest BCUT2D eigenvalue weighted by atomic mass is 16.5. The summed E-state index contributed by atoms with van der Waals surface area (Å²) in [5.74, 6) is 0.207. The molecule has 0 saturated heterocycles. The SMILES string of the molecule is COc1ccc(N/N=C\c2c(O)n(-c3cccc(C)c3)c(=O)[nH]c2=O)cc1. The summed E-state index contributed by atoms with van der Waals surface area (Å²) >= 11 is 0. The zero-order valence-electron chi connectivity index (χ0n) is 14.8. The molecule has 0 fully saturated rings. The third-order valence-electron chi connectivity index (χ3n) is 3.86. The van der Waals surface area contributed by atoms with Gasteiger partial charge in [-0.1, -0.05) is 12.1 Å². The predicted octanol–water partition coefficient (Wildman–Crippen LogP) is 1.99. The van der Waals surface area contributed by atoms with Crippen LogP contribution >= 0.6 is 0 Å². The molecule has 0 atom stereocenters. The fourth-order valence-electron chi connectivity index (χ4n) is 2.50. The lowest BCUT2D eigenvalue weighted by Crippen LogP contribution is -2.31. The molecule has 0 amide bonds. The van der Waals surface area contributed by atoms with Crippen LogP contribution in [0.25, 0.3) is 5.69 Å². The van der Waals surface area contributed by atoms with E-state index in [1.165, 1.54) is 0 Å². The zero-order valence-corrected chi connectivity index (χ0v) is 14.8. The summed E-state index contributed by atoms with van der Waals surface area (Å²) in [6, 6.07) is 14.0. The Bertz CT molecular complexity index is 1100. The van der Waals surface area contributed by atoms with Crippen LogP contribution in [-0.4, -0.2) is 28.0 Å². The molecule has 138 valence electrons. The standard InChI is InChI=1S/C19H18N4O4/c1-12-4-3-5-14(10-12)23-18(25)16(17(24)21-19(23)26)11-20-22-13-6-8-15(27-2)9-7-13/h3-11,22,25H,1-2H3,(H,21,24,26)/b20-11-. The van der Waals surface area contributed by atoms with Crippen molar-refractivity contribution in [2.75, 3.05) is 12.5 Å². The molecular weight excluding hydrogens is 348 g/mol. The average Bonchev–Trinajstić information content (AvgIpc) is 2.65. The minimum Gasteiger partial charge on any atom is -0.497 e. The van der Waals surface area contributed by atoms with E-state index >= 15 is 0 Å². The second-order valence-electron chi connectivity index (χ2n) is 5.77. The van der Waals surface area contributed by atoms with Crippen LogP contribution in [0.3, 0.4) is 0 Å². The van der Waals surface area contributed by atoms with E-state index in [2.05, 4.69) is 15.5 Å². The fourth-order valence-corrected chi connectivity index (χ4v) is 2.50. The Labute approximate surface area is 154 Å². The number of aromatic amines is 1. The molecule has 0 aliphatic rings. The predicted molar refractivity (Wildman–Crippen MR) is 103 cm³/mol. The second-order valence-corrected chi connectivity index (χ2v) is 5.77. The number of anilines is 1. The van der Waals surface area contributed by atoms with Gasteiger partial charge in [-0.3, -0.25) is 15.2 Å². The van der Waals surface area contributed by atoms with Gasteiger partial charge in [-0.25, -0.2) is 9.36 Å². The summed E-state index contributed by atoms with van der Waals surface area (Å²) in [5, 5.41) is 14.4. The topological polar surface area (TPSA) is 109 Å². The van der Waals surface area contributed by atoms with E-state index in [4.69, 9.17) is 4.74 Å². The van der Waals surface area contributed by atoms with Crippen molar-refractivity contribution in [3.63, 3.8) is 0 Å². The number of hydrazone groups is 1. The average molecular weight is 366 g/mol. The van der Waals surface area contributed by atoms with E-state index in [1.54, 1.807) is 49.6 Å². The number of nitrogens with zero attached hydrogens (tertiary/aromatic N) is 2. The highest BCUT2D eigenvalue weighted by Gasteiger charge is 2.14. The summed E-state index contributed by atoms with van der Waals surface area (Å²) < 4.78 is 6.09. The lowest BCUT2D eigenvalue weighted by atomic mass is 10.2. The summed E-state index contributed by atoms with van der Waals surface area (Å²) in [6.45, 7) is 1.86. The quantitative estimate of drug-likeness (QED) is 0.473. The van der Waals surface area contributed by atoms with Crippen LogP contribution in [-0.2, 0) is 0 Å². The van der Waals surface area contributed by atoms with Crippen LogP contribution in [0.4, 0.5) is 5.69 Å². The molecule has 0 unspecified atom stereocenters. The van der Waals surface area contributed by atoms with Crippen LogP contribution < -0.4 is 21.4 Å². The molecule has 0 aliphatic heterocycles. The smallest absolute Gasteiger partial charge is 0.335 e. The molecule has 0 radical (unpaired) electrons. The van der Waals surface area contributed by atoms with Gasteiger partial charge in [0.1, 0.15) is 11.3 Å². The molecule has 0 bridgehead atoms. The summed E-state index contributed by atoms with van der Waals surface area (Å²) in [6.07, 6.45) is 1.16. The van der Waals surface area contributed by atoms with Gasteiger partial charge in [0.15, 0.2) is 0 Å². The molecule has 2 aromatic carbocycles. The van der Waals surface area contributed by atoms with E-state index in [9.17, 15) is 14.7 Å². The number of aromatic hydroxyl groups is 1. The van der Waals surface area contributed by atoms with Crippen LogP contribution in [0, 0.1) is 6.92 Å². The van der Waals surface area contributed by atoms with Gasteiger partial charge in [0, 0.05) is 0 Å². The largest absolute Gasteiger partial charge is 0.497 e. The van der Waals surface area contributed by atoms with Crippen molar-refractivity contribution in [2.45, 2.75) is 6.92 Å². The van der Waals surface area contributed by atoms with Crippen LogP contribution in [0.2, 0.25) is 0 Å². The Morgan fingerprint density at radius 3 is 2.59 bits per heavy atom. The maximum Gasteiger partial charge on any atom is 0.335 e. The number of hydrogen-bond acceptors (Lipinski definition) is 6. The number of rotatable bonds is 5. The number of benzene rings is 2. The van der Waals surface area contributed by atoms with Crippen molar-refractivity contribution in [2.24, 2.45) is 5.10 Å². The van der Waals surface area contributed by atoms with E-state index in [0.717, 1.165) is 16.3 Å². The first-order chi connectivity index (χ1) is 13.0. The second kappa shape index (κ2) is 7.61. The Morgan fingerprint density at radius 1 is 1.19 bits per heavy atom. The summed E-state index contributed by atoms with van der Waals surface area (Å²) in [7, 11) is 1.57. The van der Waals surface area contributed by atoms with Gasteiger partial charge >= 0.3 is 5.69 Å². The van der Waals surface area contributed by atoms with Crippen molar-refractivity contribution < 1.29 is 9.84 Å². The van der Waals surface area contributed by atoms with Crippen LogP contribution in [0.15, 0.2) is 63.2 Å². The van der Waals surface area contributed by atoms with Crippen molar-refractivity contribution in [3.05, 3.63) is 80.5 Å². The van der Waals surface area contributed by atoms with Gasteiger partial charge in [0.2, 0.25) is 5.88 Å². The monoisotopic (exact) mass is 366 g/mol. The number of ether oxygens (including phenoxy) is 1. The first-order valence-corrected chi connectivity index (χ1v) is 8.08. The molecule has 3 aromatic rings. The zero-order chi connectivity index (χ0) is 19.4. The molecular formula is C19H18N4O4. The van der Waals surface area contributed by atoms with Gasteiger partial charge < -0.3 is 9.84 Å². The Morgan fingerprint density at radius 2 is 1.93 bits per heavy atom. The summed E-state index contributed by atoms with van der Waals surface area (Å²) in [5.41, 5.74) is 3.14. The van der Waals surface area contributed by atoms with Gasteiger partial charge in [0.05, 0.1) is 24.7 Å². The lowest BCUT2D eigenvalue weighted by Gasteiger charge is -2.10. The molecule has 1 aromatic heterocycles. The lowest BCUT2D eigenvalue weighted by molar-refractivity contribution is 0.415. The van der Waals surface area contributed by atoms with Crippen LogP contribution in [0.1, 0.15) is 11.1 Å². The van der Waals surface area contributed by atoms with Crippen molar-refractivity contribution in [1.29, 1.82) is 0 Å². The normalized spacial score (nSPS) is 10.9. The molecule has 3 N–H and O–H groups in total. The number of aryl methyl sites for hydroxylation is 1. The Hall–Kier alpha value is -3.81. The number of methoxy groups -OCH3 is 1. The van der Waals surface area contributed by atoms with Gasteiger partial charge in [-0.2, -0.15) is 5.10 Å². The maximum atomic E-state index is 12.2. The van der Waals surface area contributed by atoms with Crippen molar-refractivity contribution in [1.82, 2.24) is 9.55 Å². The first kappa shape index (κ1) is 18.0. The van der Waals surface area contributed by atoms with Gasteiger partial charge in [0.25, 0.3) is 5.56 Å². The number of H-pyrrole nitrogens is 1. The minimum atomic E-state index is -0.735. The van der Waals surface area contributed by atoms with Gasteiger partial charge in [-0.05, 0) is 48.9 Å². The minimum absolute atomic E-state index is 0.142. The van der Waals surface area contributed by atoms with Crippen molar-refractivity contribution >= 4 is 11.9 Å². The highest BCUT2D eigenvalue weighted by Crippen LogP contribution is 2.17. The maximum absolute atomic E-state index is 12.2. The fraction of sp³-hybridized carbons (Fsp3) is 0.105. The van der Waals surface area contributed by atoms with E-state index in [0.29, 0.717) is 17.1 Å². The molecule has 0 aliphatic carbocycles. The molecule has 1 heterocycles. The molecule has 8 nitrogen and oxygen atoms in total. The van der Waals surface area contributed by atoms with E-state index in [1.807, 2.05) is 13.0 Å². The van der Waals surface area contributed by atoms with E-state index < -0.39 is 17.1 Å². The molecule has 8 heteroatoms. The highest BCUT2D eigenvalue weighted by molar-refractivity contribution is 5.82. The third kappa shape index (κ3) is 3.90. The number of nitrogens with one attached hydrogen (secondary N) is 2. The van der Waals surface area contributed by atoms with Gasteiger partial charge in [-0.15, -0.1) is 0 Å². The first-order valence-electron chi connectivity index (χ1n) is 8.08. The molecule has 3 rings (SSSR count). The van der Waals surface area contributed by atoms with E-state index in [-0.39, 0.29) is 5.56 Å². The van der Waals surface area contributed by atoms with Crippen molar-refractivity contribution in [3.8, 4) is 17.3 Å². The Balaban J connectivity index is 1.94. The number of hydrogen-bond donors (Lipinski definition) is 3. The molecule has 27 heavy (non-hydrogen) atoms.